The molecule has 0 aliphatic heterocycles. The second-order valence-electron chi connectivity index (χ2n) is 5.36. The molecule has 0 saturated carbocycles. The minimum Gasteiger partial charge on any atom is -0.314 e. The van der Waals surface area contributed by atoms with Crippen LogP contribution >= 0.6 is 0 Å². The molecule has 3 rings (SSSR count). The standard InChI is InChI=1S/C18H13FN4O2/c1-4-10-23-17(24)15-16(22(3)18(23)25)20-14(21(15)2)9-8-12-6-5-7-13(19)11-12/h1,5-7,11H,10H2,2-3H3. The van der Waals surface area contributed by atoms with E-state index in [2.05, 4.69) is 22.7 Å². The normalized spacial score (nSPS) is 10.3. The number of imidazole rings is 1. The number of terminal acetylenes is 1. The van der Waals surface area contributed by atoms with E-state index in [1.54, 1.807) is 19.2 Å². The second-order valence-corrected chi connectivity index (χ2v) is 5.36. The fourth-order valence-electron chi connectivity index (χ4n) is 2.48. The van der Waals surface area contributed by atoms with Crippen LogP contribution in [0.2, 0.25) is 0 Å². The highest BCUT2D eigenvalue weighted by Crippen LogP contribution is 2.09. The maximum absolute atomic E-state index is 13.2. The zero-order valence-electron chi connectivity index (χ0n) is 13.6. The van der Waals surface area contributed by atoms with E-state index >= 15 is 0 Å². The van der Waals surface area contributed by atoms with Crippen molar-refractivity contribution in [2.75, 3.05) is 0 Å². The van der Waals surface area contributed by atoms with Gasteiger partial charge in [0.05, 0.1) is 6.54 Å². The predicted molar refractivity (Wildman–Crippen MR) is 91.4 cm³/mol. The van der Waals surface area contributed by atoms with Crippen molar-refractivity contribution in [3.63, 3.8) is 0 Å². The van der Waals surface area contributed by atoms with Gasteiger partial charge in [-0.15, -0.1) is 6.42 Å². The zero-order chi connectivity index (χ0) is 18.1. The van der Waals surface area contributed by atoms with Gasteiger partial charge in [-0.3, -0.25) is 9.36 Å². The molecular formula is C18H13FN4O2. The fraction of sp³-hybridized carbons (Fsp3) is 0.167. The van der Waals surface area contributed by atoms with Crippen molar-refractivity contribution in [2.45, 2.75) is 6.54 Å². The summed E-state index contributed by atoms with van der Waals surface area (Å²) in [6.45, 7) is -0.128. The third-order valence-electron chi connectivity index (χ3n) is 3.75. The average Bonchev–Trinajstić information content (AvgIpc) is 2.92. The Morgan fingerprint density at radius 2 is 1.96 bits per heavy atom. The maximum atomic E-state index is 13.2. The molecule has 0 unspecified atom stereocenters. The molecule has 0 fully saturated rings. The number of rotatable bonds is 1. The van der Waals surface area contributed by atoms with Crippen molar-refractivity contribution in [1.82, 2.24) is 18.7 Å². The summed E-state index contributed by atoms with van der Waals surface area (Å²) in [5.41, 5.74) is -0.149. The van der Waals surface area contributed by atoms with E-state index in [0.29, 0.717) is 5.56 Å². The molecule has 0 amide bonds. The number of fused-ring (bicyclic) bond motifs is 1. The summed E-state index contributed by atoms with van der Waals surface area (Å²) in [6, 6.07) is 5.83. The Balaban J connectivity index is 2.24. The van der Waals surface area contributed by atoms with E-state index in [0.717, 1.165) is 4.57 Å². The minimum atomic E-state index is -0.543. The Labute approximate surface area is 142 Å². The van der Waals surface area contributed by atoms with E-state index in [1.165, 1.54) is 28.3 Å². The Morgan fingerprint density at radius 3 is 2.64 bits per heavy atom. The third kappa shape index (κ3) is 2.73. The van der Waals surface area contributed by atoms with Gasteiger partial charge in [0.1, 0.15) is 5.82 Å². The highest BCUT2D eigenvalue weighted by Gasteiger charge is 2.17. The van der Waals surface area contributed by atoms with Gasteiger partial charge < -0.3 is 4.57 Å². The fourth-order valence-corrected chi connectivity index (χ4v) is 2.48. The first-order valence-corrected chi connectivity index (χ1v) is 7.31. The first kappa shape index (κ1) is 16.3. The monoisotopic (exact) mass is 336 g/mol. The third-order valence-corrected chi connectivity index (χ3v) is 3.75. The largest absolute Gasteiger partial charge is 0.333 e. The topological polar surface area (TPSA) is 61.8 Å². The van der Waals surface area contributed by atoms with Crippen LogP contribution in [0.25, 0.3) is 11.2 Å². The number of aryl methyl sites for hydroxylation is 2. The molecule has 124 valence electrons. The molecule has 0 aliphatic rings. The Morgan fingerprint density at radius 1 is 1.20 bits per heavy atom. The lowest BCUT2D eigenvalue weighted by Crippen LogP contribution is -2.39. The summed E-state index contributed by atoms with van der Waals surface area (Å²) in [5.74, 6) is 7.78. The first-order chi connectivity index (χ1) is 11.9. The molecule has 0 saturated heterocycles. The van der Waals surface area contributed by atoms with E-state index in [9.17, 15) is 14.0 Å². The Kier molecular flexibility index (Phi) is 4.00. The first-order valence-electron chi connectivity index (χ1n) is 7.31. The van der Waals surface area contributed by atoms with Crippen molar-refractivity contribution in [1.29, 1.82) is 0 Å². The van der Waals surface area contributed by atoms with Crippen LogP contribution in [-0.2, 0) is 20.6 Å². The molecule has 1 aromatic carbocycles. The lowest BCUT2D eigenvalue weighted by molar-refractivity contribution is 0.627. The molecular weight excluding hydrogens is 323 g/mol. The molecule has 0 bridgehead atoms. The van der Waals surface area contributed by atoms with Crippen LogP contribution in [0.1, 0.15) is 11.4 Å². The Hall–Kier alpha value is -3.58. The number of halogens is 1. The molecule has 2 heterocycles. The average molecular weight is 336 g/mol. The minimum absolute atomic E-state index is 0.128. The van der Waals surface area contributed by atoms with Crippen LogP contribution in [0.15, 0.2) is 33.9 Å². The number of hydrogen-bond acceptors (Lipinski definition) is 3. The second kappa shape index (κ2) is 6.14. The van der Waals surface area contributed by atoms with Gasteiger partial charge in [-0.05, 0) is 24.1 Å². The van der Waals surface area contributed by atoms with Crippen LogP contribution in [0.5, 0.6) is 0 Å². The van der Waals surface area contributed by atoms with Gasteiger partial charge in [0.15, 0.2) is 17.0 Å². The number of nitrogens with zero attached hydrogens (tertiary/aromatic N) is 4. The molecule has 0 N–H and O–H groups in total. The van der Waals surface area contributed by atoms with Crippen LogP contribution < -0.4 is 11.2 Å². The molecule has 6 nitrogen and oxygen atoms in total. The lowest BCUT2D eigenvalue weighted by atomic mass is 10.2. The highest BCUT2D eigenvalue weighted by atomic mass is 19.1. The van der Waals surface area contributed by atoms with Crippen LogP contribution in [0.3, 0.4) is 0 Å². The molecule has 25 heavy (non-hydrogen) atoms. The van der Waals surface area contributed by atoms with Crippen molar-refractivity contribution >= 4 is 11.2 Å². The molecule has 3 aromatic rings. The van der Waals surface area contributed by atoms with Crippen molar-refractivity contribution in [2.24, 2.45) is 14.1 Å². The maximum Gasteiger partial charge on any atom is 0.333 e. The summed E-state index contributed by atoms with van der Waals surface area (Å²) < 4.78 is 16.9. The molecule has 7 heteroatoms. The quantitative estimate of drug-likeness (QED) is 0.612. The highest BCUT2D eigenvalue weighted by molar-refractivity contribution is 5.72. The molecule has 2 aromatic heterocycles. The van der Waals surface area contributed by atoms with Crippen LogP contribution in [0, 0.1) is 30.0 Å². The lowest BCUT2D eigenvalue weighted by Gasteiger charge is -2.05. The smallest absolute Gasteiger partial charge is 0.314 e. The van der Waals surface area contributed by atoms with E-state index in [4.69, 9.17) is 6.42 Å². The number of hydrogen-bond donors (Lipinski definition) is 0. The summed E-state index contributed by atoms with van der Waals surface area (Å²) >= 11 is 0. The van der Waals surface area contributed by atoms with E-state index in [-0.39, 0.29) is 23.5 Å². The van der Waals surface area contributed by atoms with Crippen molar-refractivity contribution < 1.29 is 4.39 Å². The molecule has 0 spiro atoms. The summed E-state index contributed by atoms with van der Waals surface area (Å²) in [4.78, 5) is 29.0. The molecule has 0 atom stereocenters. The summed E-state index contributed by atoms with van der Waals surface area (Å²) in [5, 5.41) is 0. The van der Waals surface area contributed by atoms with Gasteiger partial charge >= 0.3 is 5.69 Å². The number of benzene rings is 1. The Bertz CT molecular complexity index is 1210. The number of aromatic nitrogens is 4. The van der Waals surface area contributed by atoms with Crippen molar-refractivity contribution in [3.8, 4) is 24.2 Å². The van der Waals surface area contributed by atoms with E-state index in [1.807, 2.05) is 0 Å². The van der Waals surface area contributed by atoms with Gasteiger partial charge in [0, 0.05) is 19.7 Å². The molecule has 0 radical (unpaired) electrons. The van der Waals surface area contributed by atoms with Crippen molar-refractivity contribution in [3.05, 3.63) is 62.3 Å². The molecule has 0 aliphatic carbocycles. The van der Waals surface area contributed by atoms with Gasteiger partial charge in [-0.1, -0.05) is 17.9 Å². The van der Waals surface area contributed by atoms with Gasteiger partial charge in [-0.2, -0.15) is 0 Å². The van der Waals surface area contributed by atoms with Crippen LogP contribution in [-0.4, -0.2) is 18.7 Å². The summed E-state index contributed by atoms with van der Waals surface area (Å²) in [7, 11) is 3.13. The van der Waals surface area contributed by atoms with E-state index < -0.39 is 17.1 Å². The predicted octanol–water partition coefficient (Wildman–Crippen LogP) is 0.606. The summed E-state index contributed by atoms with van der Waals surface area (Å²) in [6.07, 6.45) is 5.23. The van der Waals surface area contributed by atoms with Gasteiger partial charge in [-0.25, -0.2) is 18.7 Å². The zero-order valence-corrected chi connectivity index (χ0v) is 13.6. The van der Waals surface area contributed by atoms with Gasteiger partial charge in [0.25, 0.3) is 5.56 Å². The van der Waals surface area contributed by atoms with Crippen LogP contribution in [0.4, 0.5) is 4.39 Å². The van der Waals surface area contributed by atoms with Gasteiger partial charge in [0.2, 0.25) is 0 Å². The SMILES string of the molecule is C#CCn1c(=O)c2c(nc(C#Cc3cccc(F)c3)n2C)n(C)c1=O.